The molecular formula is C22H13ClFN7O4. The molecule has 35 heavy (non-hydrogen) atoms. The van der Waals surface area contributed by atoms with E-state index in [4.69, 9.17) is 31.6 Å². The van der Waals surface area contributed by atoms with Gasteiger partial charge in [0, 0.05) is 11.3 Å². The number of benzene rings is 2. The van der Waals surface area contributed by atoms with Crippen LogP contribution in [0.5, 0.6) is 0 Å². The fraction of sp³-hybridized carbons (Fsp3) is 0. The number of rotatable bonds is 6. The lowest BCUT2D eigenvalue weighted by Crippen LogP contribution is -2.13. The Hall–Kier alpha value is -4.84. The second-order valence-corrected chi connectivity index (χ2v) is 7.52. The molecule has 13 heteroatoms. The molecular weight excluding hydrogens is 481 g/mol. The van der Waals surface area contributed by atoms with Crippen molar-refractivity contribution in [3.63, 3.8) is 0 Å². The fourth-order valence-electron chi connectivity index (χ4n) is 3.24. The van der Waals surface area contributed by atoms with Crippen LogP contribution in [0.3, 0.4) is 0 Å². The number of nitrogens with zero attached hydrogens (tertiary/aromatic N) is 5. The van der Waals surface area contributed by atoms with Crippen molar-refractivity contribution in [2.75, 3.05) is 5.32 Å². The molecule has 0 saturated carbocycles. The maximum Gasteiger partial charge on any atom is 0.335 e. The molecule has 11 nitrogen and oxygen atoms in total. The summed E-state index contributed by atoms with van der Waals surface area (Å²) >= 11 is 5.89. The van der Waals surface area contributed by atoms with E-state index in [9.17, 15) is 9.18 Å². The van der Waals surface area contributed by atoms with Crippen molar-refractivity contribution < 1.29 is 23.3 Å². The molecule has 0 aliphatic rings. The number of anilines is 2. The molecule has 3 heterocycles. The van der Waals surface area contributed by atoms with Gasteiger partial charge in [-0.3, -0.25) is 0 Å². The number of fused-ring (bicyclic) bond motifs is 1. The summed E-state index contributed by atoms with van der Waals surface area (Å²) in [7, 11) is 0. The zero-order valence-electron chi connectivity index (χ0n) is 17.4. The van der Waals surface area contributed by atoms with Gasteiger partial charge in [0.1, 0.15) is 17.3 Å². The summed E-state index contributed by atoms with van der Waals surface area (Å²) in [5, 5.41) is 23.2. The Bertz CT molecular complexity index is 1600. The van der Waals surface area contributed by atoms with E-state index in [0.717, 1.165) is 0 Å². The Labute approximate surface area is 200 Å². The highest BCUT2D eigenvalue weighted by Gasteiger charge is 2.22. The number of carboxylic acid groups (broad SMARTS) is 1. The molecule has 3 aromatic heterocycles. The Morgan fingerprint density at radius 1 is 1.06 bits per heavy atom. The van der Waals surface area contributed by atoms with Gasteiger partial charge < -0.3 is 20.7 Å². The van der Waals surface area contributed by atoms with Crippen LogP contribution < -0.4 is 11.2 Å². The third-order valence-corrected chi connectivity index (χ3v) is 5.20. The minimum atomic E-state index is -1.03. The van der Waals surface area contributed by atoms with Crippen molar-refractivity contribution in [2.24, 2.45) is 10.9 Å². The van der Waals surface area contributed by atoms with E-state index in [1.807, 2.05) is 0 Å². The minimum absolute atomic E-state index is 0.0917. The summed E-state index contributed by atoms with van der Waals surface area (Å²) in [4.78, 5) is 19.8. The van der Waals surface area contributed by atoms with Crippen LogP contribution in [0.25, 0.3) is 22.6 Å². The minimum Gasteiger partial charge on any atom is -0.478 e. The van der Waals surface area contributed by atoms with Gasteiger partial charge in [-0.25, -0.2) is 23.8 Å². The molecule has 0 saturated heterocycles. The van der Waals surface area contributed by atoms with Crippen molar-refractivity contribution >= 4 is 46.1 Å². The van der Waals surface area contributed by atoms with Crippen molar-refractivity contribution in [1.29, 1.82) is 0 Å². The standard InChI is InChI=1S/C22H13ClFN7O4/c23-13-9-12(5-6-14(13)24)26-19-18(27-20-21(28-19)31-35-30-20)17(29-25)16-8-7-15(34-16)10-1-3-11(4-2-10)22(32)33/h1-9H,25H2,(H,32,33)(H,26,28,31). The number of halogens is 2. The fourth-order valence-corrected chi connectivity index (χ4v) is 3.42. The normalized spacial score (nSPS) is 11.7. The number of furan rings is 1. The van der Waals surface area contributed by atoms with Crippen LogP contribution in [-0.2, 0) is 0 Å². The van der Waals surface area contributed by atoms with E-state index in [0.29, 0.717) is 17.0 Å². The molecule has 5 rings (SSSR count). The summed E-state index contributed by atoms with van der Waals surface area (Å²) < 4.78 is 24.2. The molecule has 5 aromatic rings. The number of nitrogens with one attached hydrogen (secondary N) is 1. The molecule has 0 spiro atoms. The van der Waals surface area contributed by atoms with Crippen molar-refractivity contribution in [3.8, 4) is 11.3 Å². The van der Waals surface area contributed by atoms with Crippen LogP contribution in [0, 0.1) is 5.82 Å². The van der Waals surface area contributed by atoms with E-state index in [-0.39, 0.29) is 44.9 Å². The van der Waals surface area contributed by atoms with Crippen molar-refractivity contribution in [1.82, 2.24) is 20.3 Å². The molecule has 0 amide bonds. The zero-order chi connectivity index (χ0) is 24.5. The van der Waals surface area contributed by atoms with E-state index in [1.54, 1.807) is 24.3 Å². The summed E-state index contributed by atoms with van der Waals surface area (Å²) in [5.74, 6) is 4.93. The first-order valence-corrected chi connectivity index (χ1v) is 10.3. The van der Waals surface area contributed by atoms with Gasteiger partial charge >= 0.3 is 5.97 Å². The Kier molecular flexibility index (Phi) is 5.55. The summed E-state index contributed by atoms with van der Waals surface area (Å²) in [6.45, 7) is 0. The SMILES string of the molecule is NN=C(c1ccc(-c2ccc(C(=O)O)cc2)o1)c1nc2nonc2nc1Nc1ccc(F)c(Cl)c1. The van der Waals surface area contributed by atoms with E-state index < -0.39 is 11.8 Å². The highest BCUT2D eigenvalue weighted by Crippen LogP contribution is 2.28. The third-order valence-electron chi connectivity index (χ3n) is 4.91. The highest BCUT2D eigenvalue weighted by atomic mass is 35.5. The van der Waals surface area contributed by atoms with Crippen molar-refractivity contribution in [3.05, 3.63) is 82.5 Å². The topological polar surface area (TPSA) is 166 Å². The molecule has 0 bridgehead atoms. The van der Waals surface area contributed by atoms with Crippen molar-refractivity contribution in [2.45, 2.75) is 0 Å². The monoisotopic (exact) mass is 493 g/mol. The molecule has 0 radical (unpaired) electrons. The Morgan fingerprint density at radius 3 is 2.49 bits per heavy atom. The molecule has 174 valence electrons. The largest absolute Gasteiger partial charge is 0.478 e. The summed E-state index contributed by atoms with van der Waals surface area (Å²) in [6, 6.07) is 13.5. The number of hydrazone groups is 1. The van der Waals surface area contributed by atoms with E-state index in [2.05, 4.69) is 30.7 Å². The first kappa shape index (κ1) is 22.0. The lowest BCUT2D eigenvalue weighted by Gasteiger charge is -2.11. The lowest BCUT2D eigenvalue weighted by atomic mass is 10.1. The number of aromatic nitrogens is 4. The summed E-state index contributed by atoms with van der Waals surface area (Å²) in [5.41, 5.74) is 1.67. The van der Waals surface area contributed by atoms with Gasteiger partial charge in [-0.15, -0.1) is 0 Å². The zero-order valence-corrected chi connectivity index (χ0v) is 18.2. The highest BCUT2D eigenvalue weighted by molar-refractivity contribution is 6.31. The first-order valence-electron chi connectivity index (χ1n) is 9.87. The van der Waals surface area contributed by atoms with E-state index >= 15 is 0 Å². The van der Waals surface area contributed by atoms with Gasteiger partial charge in [0.2, 0.25) is 11.3 Å². The number of hydrogen-bond donors (Lipinski definition) is 3. The number of aromatic carboxylic acids is 1. The second-order valence-electron chi connectivity index (χ2n) is 7.11. The molecule has 0 fully saturated rings. The quantitative estimate of drug-likeness (QED) is 0.177. The average molecular weight is 494 g/mol. The van der Waals surface area contributed by atoms with Gasteiger partial charge in [0.15, 0.2) is 17.3 Å². The van der Waals surface area contributed by atoms with Crippen LogP contribution in [0.1, 0.15) is 21.8 Å². The molecule has 0 aliphatic carbocycles. The summed E-state index contributed by atoms with van der Waals surface area (Å²) in [6.07, 6.45) is 0. The maximum atomic E-state index is 13.6. The third kappa shape index (κ3) is 4.25. The van der Waals surface area contributed by atoms with Crippen LogP contribution >= 0.6 is 11.6 Å². The Balaban J connectivity index is 1.55. The number of carbonyl (C=O) groups is 1. The van der Waals surface area contributed by atoms with E-state index in [1.165, 1.54) is 30.3 Å². The molecule has 0 unspecified atom stereocenters. The smallest absolute Gasteiger partial charge is 0.335 e. The maximum absolute atomic E-state index is 13.6. The number of hydrogen-bond acceptors (Lipinski definition) is 10. The number of nitrogens with two attached hydrogens (primary N) is 1. The van der Waals surface area contributed by atoms with Gasteiger partial charge in [-0.2, -0.15) is 5.10 Å². The number of carboxylic acids is 1. The van der Waals surface area contributed by atoms with Crippen LogP contribution in [-0.4, -0.2) is 37.1 Å². The predicted molar refractivity (Wildman–Crippen MR) is 123 cm³/mol. The average Bonchev–Trinajstić information content (AvgIpc) is 3.52. The lowest BCUT2D eigenvalue weighted by molar-refractivity contribution is 0.0697. The second kappa shape index (κ2) is 8.83. The van der Waals surface area contributed by atoms with Gasteiger partial charge in [-0.05, 0) is 52.8 Å². The van der Waals surface area contributed by atoms with Crippen LogP contribution in [0.15, 0.2) is 68.7 Å². The Morgan fingerprint density at radius 2 is 1.80 bits per heavy atom. The molecule has 2 aromatic carbocycles. The van der Waals surface area contributed by atoms with Crippen LogP contribution in [0.4, 0.5) is 15.9 Å². The van der Waals surface area contributed by atoms with Crippen LogP contribution in [0.2, 0.25) is 5.02 Å². The van der Waals surface area contributed by atoms with Gasteiger partial charge in [-0.1, -0.05) is 23.7 Å². The molecule has 0 aliphatic heterocycles. The molecule has 4 N–H and O–H groups in total. The van der Waals surface area contributed by atoms with Gasteiger partial charge in [0.25, 0.3) is 0 Å². The predicted octanol–water partition coefficient (Wildman–Crippen LogP) is 4.22. The van der Waals surface area contributed by atoms with Gasteiger partial charge in [0.05, 0.1) is 10.6 Å². The first-order chi connectivity index (χ1) is 16.9. The molecule has 0 atom stereocenters.